The Morgan fingerprint density at radius 3 is 2.82 bits per heavy atom. The first-order valence-electron chi connectivity index (χ1n) is 3.14. The zero-order valence-corrected chi connectivity index (χ0v) is 6.09. The second kappa shape index (κ2) is 3.01. The van der Waals surface area contributed by atoms with Gasteiger partial charge in [0.2, 0.25) is 0 Å². The van der Waals surface area contributed by atoms with Gasteiger partial charge in [-0.2, -0.15) is 0 Å². The number of nitrogens with one attached hydrogen (secondary N) is 2. The van der Waals surface area contributed by atoms with Gasteiger partial charge in [0.25, 0.3) is 5.91 Å². The minimum absolute atomic E-state index is 0.231. The Bertz CT molecular complexity index is 255. The van der Waals surface area contributed by atoms with Crippen molar-refractivity contribution in [1.82, 2.24) is 16.0 Å². The molecule has 0 saturated carbocycles. The summed E-state index contributed by atoms with van der Waals surface area (Å²) >= 11 is 0. The fraction of sp³-hybridized carbons (Fsp3) is 0.143. The van der Waals surface area contributed by atoms with Gasteiger partial charge in [-0.3, -0.25) is 10.5 Å². The number of nitrogens with zero attached hydrogens (tertiary/aromatic N) is 1. The van der Waals surface area contributed by atoms with E-state index < -0.39 is 0 Å². The molecule has 0 aliphatic heterocycles. The Morgan fingerprint density at radius 1 is 1.64 bits per heavy atom. The number of hydrogen-bond donors (Lipinski definition) is 1. The van der Waals surface area contributed by atoms with Crippen molar-refractivity contribution in [3.05, 3.63) is 24.0 Å². The lowest BCUT2D eigenvalue weighted by atomic mass is 10.3. The molecule has 0 aromatic carbocycles. The molecule has 0 saturated heterocycles. The van der Waals surface area contributed by atoms with Crippen LogP contribution in [0, 0.1) is 0 Å². The van der Waals surface area contributed by atoms with Crippen LogP contribution in [0.3, 0.4) is 0 Å². The highest BCUT2D eigenvalue weighted by atomic mass is 16.1. The van der Waals surface area contributed by atoms with E-state index in [1.54, 1.807) is 7.05 Å². The van der Waals surface area contributed by atoms with E-state index in [0.717, 1.165) is 0 Å². The molecule has 2 N–H and O–H groups in total. The molecule has 1 radical (unpaired) electrons. The molecule has 0 aliphatic carbocycles. The molecule has 0 atom stereocenters. The van der Waals surface area contributed by atoms with Crippen molar-refractivity contribution in [2.24, 2.45) is 0 Å². The predicted octanol–water partition coefficient (Wildman–Crippen LogP) is 0.356. The molecule has 1 amide bonds. The molecular weight excluding hydrogens is 142 g/mol. The molecule has 1 aromatic rings. The zero-order chi connectivity index (χ0) is 8.27. The molecule has 0 fully saturated rings. The summed E-state index contributed by atoms with van der Waals surface area (Å²) in [5.41, 5.74) is 7.74. The fourth-order valence-corrected chi connectivity index (χ4v) is 0.656. The SMILES string of the molecule is CNC(=O)c1ccc([NH])cn1. The second-order valence-corrected chi connectivity index (χ2v) is 2.01. The number of rotatable bonds is 1. The number of carbonyl (C=O) groups excluding carboxylic acids is 1. The van der Waals surface area contributed by atoms with E-state index in [0.29, 0.717) is 11.4 Å². The van der Waals surface area contributed by atoms with Gasteiger partial charge in [0.1, 0.15) is 5.69 Å². The van der Waals surface area contributed by atoms with Crippen LogP contribution in [0.15, 0.2) is 18.3 Å². The molecule has 4 heteroatoms. The topological polar surface area (TPSA) is 65.8 Å². The van der Waals surface area contributed by atoms with Gasteiger partial charge < -0.3 is 5.32 Å². The molecule has 11 heavy (non-hydrogen) atoms. The Hall–Kier alpha value is -1.58. The minimum Gasteiger partial charge on any atom is -0.354 e. The first kappa shape index (κ1) is 7.53. The molecule has 1 aromatic heterocycles. The number of amides is 1. The third kappa shape index (κ3) is 1.67. The molecule has 57 valence electrons. The van der Waals surface area contributed by atoms with Crippen LogP contribution in [0.4, 0.5) is 5.69 Å². The van der Waals surface area contributed by atoms with Crippen molar-refractivity contribution < 1.29 is 4.79 Å². The summed E-state index contributed by atoms with van der Waals surface area (Å²) in [4.78, 5) is 14.6. The van der Waals surface area contributed by atoms with E-state index in [1.165, 1.54) is 18.3 Å². The molecule has 4 nitrogen and oxygen atoms in total. The molecule has 1 heterocycles. The quantitative estimate of drug-likeness (QED) is 0.627. The van der Waals surface area contributed by atoms with E-state index in [1.807, 2.05) is 0 Å². The van der Waals surface area contributed by atoms with Crippen molar-refractivity contribution in [3.63, 3.8) is 0 Å². The molecule has 0 bridgehead atoms. The van der Waals surface area contributed by atoms with Crippen molar-refractivity contribution in [1.29, 1.82) is 0 Å². The standard InChI is InChI=1S/C7H8N3O/c1-9-7(11)6-3-2-5(8)4-10-6/h2-4,8H,1H3,(H,9,11). The predicted molar refractivity (Wildman–Crippen MR) is 40.4 cm³/mol. The first-order valence-corrected chi connectivity index (χ1v) is 3.14. The van der Waals surface area contributed by atoms with Crippen LogP contribution in [0.25, 0.3) is 0 Å². The van der Waals surface area contributed by atoms with E-state index in [2.05, 4.69) is 10.3 Å². The van der Waals surface area contributed by atoms with Gasteiger partial charge in [0.05, 0.1) is 11.9 Å². The molecule has 0 spiro atoms. The third-order valence-corrected chi connectivity index (χ3v) is 1.22. The monoisotopic (exact) mass is 150 g/mol. The number of aromatic nitrogens is 1. The van der Waals surface area contributed by atoms with E-state index in [9.17, 15) is 4.79 Å². The first-order chi connectivity index (χ1) is 5.24. The highest BCUT2D eigenvalue weighted by Gasteiger charge is 2.01. The molecule has 0 unspecified atom stereocenters. The van der Waals surface area contributed by atoms with Gasteiger partial charge in [0.15, 0.2) is 0 Å². The highest BCUT2D eigenvalue weighted by molar-refractivity contribution is 5.92. The largest absolute Gasteiger partial charge is 0.354 e. The average molecular weight is 150 g/mol. The summed E-state index contributed by atoms with van der Waals surface area (Å²) in [5, 5.41) is 2.44. The summed E-state index contributed by atoms with van der Waals surface area (Å²) in [5.74, 6) is -0.231. The van der Waals surface area contributed by atoms with E-state index in [-0.39, 0.29) is 5.91 Å². The van der Waals surface area contributed by atoms with Gasteiger partial charge in [-0.05, 0) is 12.1 Å². The average Bonchev–Trinajstić information content (AvgIpc) is 2.05. The van der Waals surface area contributed by atoms with E-state index in [4.69, 9.17) is 5.73 Å². The Morgan fingerprint density at radius 2 is 2.36 bits per heavy atom. The van der Waals surface area contributed by atoms with Crippen LogP contribution < -0.4 is 11.1 Å². The van der Waals surface area contributed by atoms with Crippen LogP contribution >= 0.6 is 0 Å². The summed E-state index contributed by atoms with van der Waals surface area (Å²) in [6, 6.07) is 3.04. The van der Waals surface area contributed by atoms with Crippen LogP contribution in [0.2, 0.25) is 0 Å². The Kier molecular flexibility index (Phi) is 2.06. The lowest BCUT2D eigenvalue weighted by Gasteiger charge is -1.96. The van der Waals surface area contributed by atoms with Gasteiger partial charge in [-0.25, -0.2) is 4.98 Å². The Balaban J connectivity index is 2.90. The van der Waals surface area contributed by atoms with Crippen molar-refractivity contribution in [3.8, 4) is 0 Å². The number of carbonyl (C=O) groups is 1. The zero-order valence-electron chi connectivity index (χ0n) is 6.09. The van der Waals surface area contributed by atoms with Crippen LogP contribution in [-0.4, -0.2) is 17.9 Å². The maximum absolute atomic E-state index is 10.9. The lowest BCUT2D eigenvalue weighted by Crippen LogP contribution is -2.18. The number of hydrogen-bond acceptors (Lipinski definition) is 2. The van der Waals surface area contributed by atoms with Gasteiger partial charge in [-0.1, -0.05) is 0 Å². The summed E-state index contributed by atoms with van der Waals surface area (Å²) in [6.45, 7) is 0. The van der Waals surface area contributed by atoms with Gasteiger partial charge in [-0.15, -0.1) is 0 Å². The molecule has 0 aliphatic rings. The second-order valence-electron chi connectivity index (χ2n) is 2.01. The Labute approximate surface area is 64.4 Å². The van der Waals surface area contributed by atoms with Crippen molar-refractivity contribution in [2.45, 2.75) is 0 Å². The number of pyridine rings is 1. The molecular formula is C7H8N3O. The van der Waals surface area contributed by atoms with Gasteiger partial charge >= 0.3 is 0 Å². The van der Waals surface area contributed by atoms with E-state index >= 15 is 0 Å². The van der Waals surface area contributed by atoms with Crippen LogP contribution in [-0.2, 0) is 0 Å². The third-order valence-electron chi connectivity index (χ3n) is 1.22. The van der Waals surface area contributed by atoms with Crippen molar-refractivity contribution >= 4 is 11.6 Å². The smallest absolute Gasteiger partial charge is 0.269 e. The normalized spacial score (nSPS) is 9.18. The summed E-state index contributed by atoms with van der Waals surface area (Å²) in [6.07, 6.45) is 1.34. The lowest BCUT2D eigenvalue weighted by molar-refractivity contribution is 0.0958. The fourth-order valence-electron chi connectivity index (χ4n) is 0.656. The van der Waals surface area contributed by atoms with Gasteiger partial charge in [0, 0.05) is 7.05 Å². The highest BCUT2D eigenvalue weighted by Crippen LogP contribution is 2.01. The maximum atomic E-state index is 10.9. The maximum Gasteiger partial charge on any atom is 0.269 e. The summed E-state index contributed by atoms with van der Waals surface area (Å²) < 4.78 is 0. The van der Waals surface area contributed by atoms with Crippen LogP contribution in [0.1, 0.15) is 10.5 Å². The minimum atomic E-state index is -0.231. The van der Waals surface area contributed by atoms with Crippen LogP contribution in [0.5, 0.6) is 0 Å². The summed E-state index contributed by atoms with van der Waals surface area (Å²) in [7, 11) is 1.54. The molecule has 1 rings (SSSR count). The van der Waals surface area contributed by atoms with Crippen molar-refractivity contribution in [2.75, 3.05) is 7.05 Å².